The van der Waals surface area contributed by atoms with E-state index < -0.39 is 18.0 Å². The summed E-state index contributed by atoms with van der Waals surface area (Å²) in [5, 5.41) is 2.70. The lowest BCUT2D eigenvalue weighted by molar-refractivity contribution is -0.148. The van der Waals surface area contributed by atoms with E-state index in [0.29, 0.717) is 28.5 Å². The van der Waals surface area contributed by atoms with Crippen LogP contribution in [0.5, 0.6) is 17.2 Å². The van der Waals surface area contributed by atoms with Crippen molar-refractivity contribution in [1.29, 1.82) is 0 Å². The molecule has 154 valence electrons. The summed E-state index contributed by atoms with van der Waals surface area (Å²) >= 11 is 0. The first-order valence-electron chi connectivity index (χ1n) is 8.94. The van der Waals surface area contributed by atoms with Crippen LogP contribution in [-0.2, 0) is 14.3 Å². The van der Waals surface area contributed by atoms with Crippen LogP contribution in [0.15, 0.2) is 42.5 Å². The van der Waals surface area contributed by atoms with Crippen LogP contribution < -0.4 is 19.5 Å². The number of rotatable bonds is 8. The molecule has 0 aliphatic carbocycles. The van der Waals surface area contributed by atoms with Crippen LogP contribution >= 0.6 is 0 Å². The molecule has 0 heterocycles. The monoisotopic (exact) mass is 399 g/mol. The molecule has 0 aliphatic rings. The zero-order chi connectivity index (χ0) is 21.4. The highest BCUT2D eigenvalue weighted by atomic mass is 16.5. The van der Waals surface area contributed by atoms with Gasteiger partial charge in [-0.1, -0.05) is 17.7 Å². The Morgan fingerprint density at radius 3 is 2.07 bits per heavy atom. The fourth-order valence-corrected chi connectivity index (χ4v) is 2.51. The highest BCUT2D eigenvalue weighted by Crippen LogP contribution is 2.38. The molecule has 0 radical (unpaired) electrons. The maximum Gasteiger partial charge on any atom is 0.331 e. The third-order valence-electron chi connectivity index (χ3n) is 4.08. The second-order valence-corrected chi connectivity index (χ2v) is 6.23. The zero-order valence-corrected chi connectivity index (χ0v) is 17.1. The van der Waals surface area contributed by atoms with Gasteiger partial charge in [0.15, 0.2) is 17.6 Å². The number of hydrogen-bond donors (Lipinski definition) is 1. The molecule has 0 spiro atoms. The molecule has 7 heteroatoms. The van der Waals surface area contributed by atoms with Crippen LogP contribution in [0.3, 0.4) is 0 Å². The molecule has 1 amide bonds. The summed E-state index contributed by atoms with van der Waals surface area (Å²) in [7, 11) is 4.52. The fourth-order valence-electron chi connectivity index (χ4n) is 2.51. The molecular formula is C22H25NO6. The predicted octanol–water partition coefficient (Wildman–Crippen LogP) is 3.60. The van der Waals surface area contributed by atoms with Gasteiger partial charge in [0.1, 0.15) is 0 Å². The van der Waals surface area contributed by atoms with Crippen molar-refractivity contribution < 1.29 is 28.5 Å². The normalized spacial score (nSPS) is 11.6. The van der Waals surface area contributed by atoms with Crippen LogP contribution in [0.25, 0.3) is 6.08 Å². The minimum atomic E-state index is -0.951. The summed E-state index contributed by atoms with van der Waals surface area (Å²) in [6.07, 6.45) is 1.82. The van der Waals surface area contributed by atoms with E-state index >= 15 is 0 Å². The molecule has 1 atom stereocenters. The Bertz CT molecular complexity index is 864. The quantitative estimate of drug-likeness (QED) is 0.539. The van der Waals surface area contributed by atoms with E-state index in [9.17, 15) is 9.59 Å². The van der Waals surface area contributed by atoms with Gasteiger partial charge in [0.2, 0.25) is 5.75 Å². The number of esters is 1. The standard InChI is InChI=1S/C22H25NO6/c1-14-6-9-17(10-7-14)23-22(25)15(2)29-20(24)11-8-16-12-18(26-3)21(28-5)19(13-16)27-4/h6-13,15H,1-5H3,(H,23,25)/b11-8+. The largest absolute Gasteiger partial charge is 0.493 e. The fraction of sp³-hybridized carbons (Fsp3) is 0.273. The maximum atomic E-state index is 12.2. The van der Waals surface area contributed by atoms with Crippen LogP contribution in [0.1, 0.15) is 18.1 Å². The first-order valence-corrected chi connectivity index (χ1v) is 8.94. The number of carbonyl (C=O) groups is 2. The van der Waals surface area contributed by atoms with Crippen LogP contribution in [0, 0.1) is 6.92 Å². The third-order valence-corrected chi connectivity index (χ3v) is 4.08. The minimum Gasteiger partial charge on any atom is -0.493 e. The van der Waals surface area contributed by atoms with Crippen molar-refractivity contribution in [3.8, 4) is 17.2 Å². The lowest BCUT2D eigenvalue weighted by atomic mass is 10.1. The molecule has 2 aromatic rings. The van der Waals surface area contributed by atoms with Gasteiger partial charge in [-0.3, -0.25) is 4.79 Å². The average Bonchev–Trinajstić information content (AvgIpc) is 2.72. The smallest absolute Gasteiger partial charge is 0.331 e. The Balaban J connectivity index is 2.01. The number of nitrogens with one attached hydrogen (secondary N) is 1. The summed E-state index contributed by atoms with van der Waals surface area (Å²) < 4.78 is 21.0. The molecular weight excluding hydrogens is 374 g/mol. The van der Waals surface area contributed by atoms with E-state index in [-0.39, 0.29) is 0 Å². The molecule has 1 unspecified atom stereocenters. The van der Waals surface area contributed by atoms with Gasteiger partial charge < -0.3 is 24.3 Å². The molecule has 2 rings (SSSR count). The van der Waals surface area contributed by atoms with Crippen molar-refractivity contribution in [3.63, 3.8) is 0 Å². The second kappa shape index (κ2) is 10.2. The van der Waals surface area contributed by atoms with Crippen molar-refractivity contribution >= 4 is 23.6 Å². The molecule has 0 fully saturated rings. The number of amides is 1. The number of benzene rings is 2. The summed E-state index contributed by atoms with van der Waals surface area (Å²) in [6, 6.07) is 10.7. The van der Waals surface area contributed by atoms with E-state index in [1.165, 1.54) is 40.4 Å². The zero-order valence-electron chi connectivity index (χ0n) is 17.1. The molecule has 0 saturated heterocycles. The van der Waals surface area contributed by atoms with Crippen molar-refractivity contribution in [2.24, 2.45) is 0 Å². The summed E-state index contributed by atoms with van der Waals surface area (Å²) in [4.78, 5) is 24.3. The summed E-state index contributed by atoms with van der Waals surface area (Å²) in [5.74, 6) is 0.321. The third kappa shape index (κ3) is 6.00. The highest BCUT2D eigenvalue weighted by molar-refractivity contribution is 5.96. The maximum absolute atomic E-state index is 12.2. The van der Waals surface area contributed by atoms with Gasteiger partial charge in [-0.05, 0) is 49.8 Å². The Morgan fingerprint density at radius 2 is 1.55 bits per heavy atom. The molecule has 0 bridgehead atoms. The predicted molar refractivity (Wildman–Crippen MR) is 110 cm³/mol. The molecule has 7 nitrogen and oxygen atoms in total. The van der Waals surface area contributed by atoms with Crippen LogP contribution in [0.2, 0.25) is 0 Å². The average molecular weight is 399 g/mol. The first-order chi connectivity index (χ1) is 13.9. The van der Waals surface area contributed by atoms with Crippen LogP contribution in [0.4, 0.5) is 5.69 Å². The van der Waals surface area contributed by atoms with Gasteiger partial charge >= 0.3 is 5.97 Å². The van der Waals surface area contributed by atoms with E-state index in [0.717, 1.165) is 5.56 Å². The van der Waals surface area contributed by atoms with Crippen molar-refractivity contribution in [3.05, 3.63) is 53.6 Å². The van der Waals surface area contributed by atoms with Gasteiger partial charge in [-0.15, -0.1) is 0 Å². The molecule has 0 saturated carbocycles. The Kier molecular flexibility index (Phi) is 7.65. The van der Waals surface area contributed by atoms with Gasteiger partial charge in [0.05, 0.1) is 21.3 Å². The van der Waals surface area contributed by atoms with E-state index in [4.69, 9.17) is 18.9 Å². The van der Waals surface area contributed by atoms with E-state index in [1.54, 1.807) is 24.3 Å². The Labute approximate surface area is 170 Å². The van der Waals surface area contributed by atoms with E-state index in [2.05, 4.69) is 5.32 Å². The van der Waals surface area contributed by atoms with E-state index in [1.807, 2.05) is 19.1 Å². The Morgan fingerprint density at radius 1 is 0.966 bits per heavy atom. The lowest BCUT2D eigenvalue weighted by Gasteiger charge is -2.13. The number of aryl methyl sites for hydroxylation is 1. The van der Waals surface area contributed by atoms with Crippen molar-refractivity contribution in [1.82, 2.24) is 0 Å². The number of carbonyl (C=O) groups excluding carboxylic acids is 2. The van der Waals surface area contributed by atoms with Gasteiger partial charge in [0.25, 0.3) is 5.91 Å². The molecule has 1 N–H and O–H groups in total. The first kappa shape index (κ1) is 21.8. The number of hydrogen-bond acceptors (Lipinski definition) is 6. The molecule has 0 aromatic heterocycles. The summed E-state index contributed by atoms with van der Waals surface area (Å²) in [6.45, 7) is 3.46. The minimum absolute atomic E-state index is 0.414. The number of methoxy groups -OCH3 is 3. The molecule has 2 aromatic carbocycles. The van der Waals surface area contributed by atoms with Crippen molar-refractivity contribution in [2.75, 3.05) is 26.6 Å². The van der Waals surface area contributed by atoms with Gasteiger partial charge in [-0.2, -0.15) is 0 Å². The number of anilines is 1. The second-order valence-electron chi connectivity index (χ2n) is 6.23. The molecule has 0 aliphatic heterocycles. The Hall–Kier alpha value is -3.48. The van der Waals surface area contributed by atoms with Crippen LogP contribution in [-0.4, -0.2) is 39.3 Å². The SMILES string of the molecule is COc1cc(/C=C/C(=O)OC(C)C(=O)Nc2ccc(C)cc2)cc(OC)c1OC. The summed E-state index contributed by atoms with van der Waals surface area (Å²) in [5.41, 5.74) is 2.36. The highest BCUT2D eigenvalue weighted by Gasteiger charge is 2.17. The lowest BCUT2D eigenvalue weighted by Crippen LogP contribution is -2.29. The van der Waals surface area contributed by atoms with Crippen molar-refractivity contribution in [2.45, 2.75) is 20.0 Å². The number of ether oxygens (including phenoxy) is 4. The molecule has 29 heavy (non-hydrogen) atoms. The topological polar surface area (TPSA) is 83.1 Å². The van der Waals surface area contributed by atoms with Gasteiger partial charge in [-0.25, -0.2) is 4.79 Å². The van der Waals surface area contributed by atoms with Gasteiger partial charge in [0, 0.05) is 11.8 Å².